The molecule has 1 aromatic carbocycles. The lowest BCUT2D eigenvalue weighted by atomic mass is 9.95. The van der Waals surface area contributed by atoms with Gasteiger partial charge in [-0.05, 0) is 43.1 Å². The first-order valence-electron chi connectivity index (χ1n) is 4.39. The van der Waals surface area contributed by atoms with E-state index >= 15 is 0 Å². The summed E-state index contributed by atoms with van der Waals surface area (Å²) in [6, 6.07) is 3.79. The van der Waals surface area contributed by atoms with Gasteiger partial charge in [0.05, 0.1) is 0 Å². The van der Waals surface area contributed by atoms with Crippen molar-refractivity contribution in [3.63, 3.8) is 0 Å². The van der Waals surface area contributed by atoms with E-state index in [9.17, 15) is 4.39 Å². The summed E-state index contributed by atoms with van der Waals surface area (Å²) in [5.41, 5.74) is 1.95. The summed E-state index contributed by atoms with van der Waals surface area (Å²) in [6.07, 6.45) is 0.790. The molecule has 1 unspecified atom stereocenters. The first-order chi connectivity index (χ1) is 6.18. The van der Waals surface area contributed by atoms with Crippen LogP contribution >= 0.6 is 15.9 Å². The van der Waals surface area contributed by atoms with Crippen molar-refractivity contribution in [3.05, 3.63) is 33.5 Å². The zero-order valence-corrected chi connectivity index (χ0v) is 8.99. The third kappa shape index (κ3) is 1.63. The van der Waals surface area contributed by atoms with Gasteiger partial charge in [0.1, 0.15) is 5.82 Å². The van der Waals surface area contributed by atoms with Crippen LogP contribution in [0.2, 0.25) is 0 Å². The molecule has 1 aliphatic rings. The Morgan fingerprint density at radius 1 is 1.54 bits per heavy atom. The second kappa shape index (κ2) is 3.39. The zero-order valence-electron chi connectivity index (χ0n) is 7.40. The van der Waals surface area contributed by atoms with Crippen LogP contribution in [0.15, 0.2) is 16.6 Å². The average Bonchev–Trinajstić information content (AvgIpc) is 2.07. The van der Waals surface area contributed by atoms with Gasteiger partial charge in [-0.2, -0.15) is 0 Å². The molecule has 1 nitrogen and oxygen atoms in total. The Morgan fingerprint density at radius 3 is 3.08 bits per heavy atom. The molecule has 1 aliphatic heterocycles. The van der Waals surface area contributed by atoms with Crippen molar-refractivity contribution >= 4 is 15.9 Å². The molecule has 1 N–H and O–H groups in total. The van der Waals surface area contributed by atoms with E-state index in [2.05, 4.69) is 28.2 Å². The molecule has 0 saturated heterocycles. The Hall–Kier alpha value is -0.410. The third-order valence-electron chi connectivity index (χ3n) is 2.49. The van der Waals surface area contributed by atoms with Crippen molar-refractivity contribution in [2.75, 3.05) is 6.54 Å². The highest BCUT2D eigenvalue weighted by Crippen LogP contribution is 2.28. The summed E-state index contributed by atoms with van der Waals surface area (Å²) in [6.45, 7) is 2.93. The Labute approximate surface area is 85.5 Å². The highest BCUT2D eigenvalue weighted by atomic mass is 79.9. The van der Waals surface area contributed by atoms with Crippen molar-refractivity contribution in [3.8, 4) is 0 Å². The van der Waals surface area contributed by atoms with E-state index in [0.29, 0.717) is 0 Å². The number of nitrogens with one attached hydrogen (secondary N) is 1. The molecular formula is C10H11BrFN. The topological polar surface area (TPSA) is 12.0 Å². The number of fused-ring (bicyclic) bond motifs is 1. The molecule has 0 aliphatic carbocycles. The highest BCUT2D eigenvalue weighted by Gasteiger charge is 2.19. The van der Waals surface area contributed by atoms with E-state index in [4.69, 9.17) is 0 Å². The highest BCUT2D eigenvalue weighted by molar-refractivity contribution is 9.10. The van der Waals surface area contributed by atoms with E-state index in [1.165, 1.54) is 6.07 Å². The van der Waals surface area contributed by atoms with Gasteiger partial charge in [0, 0.05) is 10.5 Å². The Balaban J connectivity index is 2.56. The lowest BCUT2D eigenvalue weighted by Gasteiger charge is -2.24. The standard InChI is InChI=1S/C10H11BrFN/c1-6-9-4-7(11)5-10(12)8(9)2-3-13-6/h4-6,13H,2-3H2,1H3. The van der Waals surface area contributed by atoms with Crippen molar-refractivity contribution in [1.29, 1.82) is 0 Å². The molecule has 2 rings (SSSR count). The number of halogens is 2. The minimum atomic E-state index is -0.0854. The molecule has 0 amide bonds. The summed E-state index contributed by atoms with van der Waals surface area (Å²) < 4.78 is 14.3. The number of hydrogen-bond donors (Lipinski definition) is 1. The van der Waals surface area contributed by atoms with Gasteiger partial charge < -0.3 is 5.32 Å². The van der Waals surface area contributed by atoms with Crippen LogP contribution in [0.4, 0.5) is 4.39 Å². The number of hydrogen-bond acceptors (Lipinski definition) is 1. The second-order valence-corrected chi connectivity index (χ2v) is 4.30. The summed E-state index contributed by atoms with van der Waals surface area (Å²) in [5, 5.41) is 3.31. The van der Waals surface area contributed by atoms with Gasteiger partial charge in [-0.3, -0.25) is 0 Å². The van der Waals surface area contributed by atoms with Gasteiger partial charge in [-0.15, -0.1) is 0 Å². The minimum absolute atomic E-state index is 0.0854. The second-order valence-electron chi connectivity index (χ2n) is 3.38. The quantitative estimate of drug-likeness (QED) is 0.739. The third-order valence-corrected chi connectivity index (χ3v) is 2.94. The molecule has 1 aromatic rings. The normalized spacial score (nSPS) is 21.3. The summed E-state index contributed by atoms with van der Waals surface area (Å²) >= 11 is 3.30. The maximum absolute atomic E-state index is 13.4. The Bertz CT molecular complexity index is 338. The van der Waals surface area contributed by atoms with Crippen LogP contribution in [0.3, 0.4) is 0 Å². The van der Waals surface area contributed by atoms with Gasteiger partial charge >= 0.3 is 0 Å². The Morgan fingerprint density at radius 2 is 2.31 bits per heavy atom. The van der Waals surface area contributed by atoms with Crippen LogP contribution in [0.25, 0.3) is 0 Å². The van der Waals surface area contributed by atoms with Gasteiger partial charge in [0.15, 0.2) is 0 Å². The Kier molecular flexibility index (Phi) is 2.39. The monoisotopic (exact) mass is 243 g/mol. The van der Waals surface area contributed by atoms with Crippen molar-refractivity contribution in [2.45, 2.75) is 19.4 Å². The van der Waals surface area contributed by atoms with Gasteiger partial charge in [0.2, 0.25) is 0 Å². The van der Waals surface area contributed by atoms with Crippen LogP contribution in [-0.2, 0) is 6.42 Å². The minimum Gasteiger partial charge on any atom is -0.310 e. The van der Waals surface area contributed by atoms with Crippen molar-refractivity contribution < 1.29 is 4.39 Å². The van der Waals surface area contributed by atoms with Crippen LogP contribution in [0, 0.1) is 5.82 Å². The van der Waals surface area contributed by atoms with Crippen LogP contribution < -0.4 is 5.32 Å². The van der Waals surface area contributed by atoms with Crippen LogP contribution in [-0.4, -0.2) is 6.54 Å². The van der Waals surface area contributed by atoms with Crippen LogP contribution in [0.1, 0.15) is 24.1 Å². The fourth-order valence-electron chi connectivity index (χ4n) is 1.80. The predicted molar refractivity (Wildman–Crippen MR) is 54.2 cm³/mol. The zero-order chi connectivity index (χ0) is 9.42. The molecule has 13 heavy (non-hydrogen) atoms. The lowest BCUT2D eigenvalue weighted by Crippen LogP contribution is -2.28. The van der Waals surface area contributed by atoms with Gasteiger partial charge in [-0.25, -0.2) is 4.39 Å². The lowest BCUT2D eigenvalue weighted by molar-refractivity contribution is 0.512. The molecule has 70 valence electrons. The first-order valence-corrected chi connectivity index (χ1v) is 5.19. The first kappa shape index (κ1) is 9.16. The largest absolute Gasteiger partial charge is 0.310 e. The molecule has 0 fully saturated rings. The summed E-state index contributed by atoms with van der Waals surface area (Å²) in [4.78, 5) is 0. The summed E-state index contributed by atoms with van der Waals surface area (Å²) in [7, 11) is 0. The molecule has 1 atom stereocenters. The number of benzene rings is 1. The van der Waals surface area contributed by atoms with Gasteiger partial charge in [-0.1, -0.05) is 15.9 Å². The van der Waals surface area contributed by atoms with E-state index in [0.717, 1.165) is 28.6 Å². The predicted octanol–water partition coefficient (Wildman–Crippen LogP) is 2.79. The van der Waals surface area contributed by atoms with Crippen LogP contribution in [0.5, 0.6) is 0 Å². The van der Waals surface area contributed by atoms with E-state index < -0.39 is 0 Å². The molecule has 0 saturated carbocycles. The molecule has 0 bridgehead atoms. The SMILES string of the molecule is CC1NCCc2c(F)cc(Br)cc21. The molecule has 1 heterocycles. The van der Waals surface area contributed by atoms with E-state index in [1.54, 1.807) is 0 Å². The molecule has 0 spiro atoms. The molecular weight excluding hydrogens is 233 g/mol. The maximum atomic E-state index is 13.4. The van der Waals surface area contributed by atoms with E-state index in [-0.39, 0.29) is 11.9 Å². The van der Waals surface area contributed by atoms with Crippen molar-refractivity contribution in [2.24, 2.45) is 0 Å². The van der Waals surface area contributed by atoms with Gasteiger partial charge in [0.25, 0.3) is 0 Å². The molecule has 0 aromatic heterocycles. The smallest absolute Gasteiger partial charge is 0.127 e. The summed E-state index contributed by atoms with van der Waals surface area (Å²) in [5.74, 6) is -0.0854. The molecule has 0 radical (unpaired) electrons. The maximum Gasteiger partial charge on any atom is 0.127 e. The fraction of sp³-hybridized carbons (Fsp3) is 0.400. The average molecular weight is 244 g/mol. The van der Waals surface area contributed by atoms with Crippen molar-refractivity contribution in [1.82, 2.24) is 5.32 Å². The van der Waals surface area contributed by atoms with E-state index in [1.807, 2.05) is 6.07 Å². The number of rotatable bonds is 0. The molecule has 3 heteroatoms. The fourth-order valence-corrected chi connectivity index (χ4v) is 2.24.